The Morgan fingerprint density at radius 2 is 1.90 bits per heavy atom. The number of rotatable bonds is 10. The Hall–Kier alpha value is -2.94. The van der Waals surface area contributed by atoms with E-state index >= 15 is 0 Å². The molecule has 0 saturated carbocycles. The predicted octanol–water partition coefficient (Wildman–Crippen LogP) is 2.62. The van der Waals surface area contributed by atoms with Crippen molar-refractivity contribution in [3.8, 4) is 0 Å². The summed E-state index contributed by atoms with van der Waals surface area (Å²) >= 11 is 1.27. The normalized spacial score (nSPS) is 11.6. The zero-order valence-corrected chi connectivity index (χ0v) is 17.5. The molecule has 0 bridgehead atoms. The fourth-order valence-corrected chi connectivity index (χ4v) is 3.17. The smallest absolute Gasteiger partial charge is 0.358 e. The van der Waals surface area contributed by atoms with E-state index in [0.29, 0.717) is 18.1 Å². The second kappa shape index (κ2) is 11.2. The first-order chi connectivity index (χ1) is 13.9. The van der Waals surface area contributed by atoms with Gasteiger partial charge in [-0.2, -0.15) is 0 Å². The van der Waals surface area contributed by atoms with Crippen molar-refractivity contribution >= 4 is 34.3 Å². The minimum Gasteiger partial charge on any atom is -0.467 e. The fourth-order valence-electron chi connectivity index (χ4n) is 2.49. The van der Waals surface area contributed by atoms with Gasteiger partial charge in [-0.3, -0.25) is 4.79 Å². The monoisotopic (exact) mass is 419 g/mol. The van der Waals surface area contributed by atoms with E-state index in [0.717, 1.165) is 5.56 Å². The van der Waals surface area contributed by atoms with E-state index in [4.69, 9.17) is 4.74 Å². The Bertz CT molecular complexity index is 823. The first-order valence-corrected chi connectivity index (χ1v) is 10.0. The zero-order valence-electron chi connectivity index (χ0n) is 16.6. The highest BCUT2D eigenvalue weighted by Gasteiger charge is 2.23. The molecule has 1 heterocycles. The van der Waals surface area contributed by atoms with Gasteiger partial charge in [-0.25, -0.2) is 14.6 Å². The number of ether oxygens (including phenoxy) is 2. The molecule has 0 aliphatic rings. The Morgan fingerprint density at radius 1 is 1.17 bits per heavy atom. The number of carbonyl (C=O) groups is 3. The molecular weight excluding hydrogens is 394 g/mol. The summed E-state index contributed by atoms with van der Waals surface area (Å²) in [4.78, 5) is 40.1. The van der Waals surface area contributed by atoms with Gasteiger partial charge in [0.05, 0.1) is 7.11 Å². The topological polar surface area (TPSA) is 107 Å². The van der Waals surface area contributed by atoms with Gasteiger partial charge >= 0.3 is 11.9 Å². The second-order valence-corrected chi connectivity index (χ2v) is 7.58. The minimum atomic E-state index is -0.778. The Balaban J connectivity index is 1.81. The highest BCUT2D eigenvalue weighted by Crippen LogP contribution is 2.17. The predicted molar refractivity (Wildman–Crippen MR) is 110 cm³/mol. The third-order valence-electron chi connectivity index (χ3n) is 3.86. The summed E-state index contributed by atoms with van der Waals surface area (Å²) in [5, 5.41) is 7.80. The summed E-state index contributed by atoms with van der Waals surface area (Å²) in [7, 11) is 1.26. The molecule has 1 atom stereocenters. The maximum absolute atomic E-state index is 12.1. The van der Waals surface area contributed by atoms with Gasteiger partial charge in [0, 0.05) is 11.9 Å². The molecule has 2 N–H and O–H groups in total. The van der Waals surface area contributed by atoms with Crippen LogP contribution in [0.1, 0.15) is 36.3 Å². The van der Waals surface area contributed by atoms with Crippen LogP contribution in [0.2, 0.25) is 0 Å². The first-order valence-electron chi connectivity index (χ1n) is 9.16. The standard InChI is InChI=1S/C20H25N3O5S/c1-13(2)9-15(18(25)27-3)22-17(24)11-28-19(26)16-12-29-20(23-16)21-10-14-7-5-4-6-8-14/h4-8,12-13,15H,9-11H2,1-3H3,(H,21,23)(H,22,24)/t15-/m0/s1. The summed E-state index contributed by atoms with van der Waals surface area (Å²) in [6.45, 7) is 3.92. The maximum Gasteiger partial charge on any atom is 0.358 e. The quantitative estimate of drug-likeness (QED) is 0.570. The number of aromatic nitrogens is 1. The number of methoxy groups -OCH3 is 1. The molecule has 0 fully saturated rings. The van der Waals surface area contributed by atoms with Crippen LogP contribution < -0.4 is 10.6 Å². The van der Waals surface area contributed by atoms with E-state index in [1.807, 2.05) is 44.2 Å². The average Bonchev–Trinajstić information content (AvgIpc) is 3.19. The Morgan fingerprint density at radius 3 is 2.55 bits per heavy atom. The van der Waals surface area contributed by atoms with Crippen LogP contribution in [0.25, 0.3) is 0 Å². The number of carbonyl (C=O) groups excluding carboxylic acids is 3. The molecule has 8 nitrogen and oxygen atoms in total. The van der Waals surface area contributed by atoms with Crippen molar-refractivity contribution in [2.75, 3.05) is 19.0 Å². The van der Waals surface area contributed by atoms with Gasteiger partial charge < -0.3 is 20.1 Å². The zero-order chi connectivity index (χ0) is 21.2. The summed E-state index contributed by atoms with van der Waals surface area (Å²) in [6, 6.07) is 9.01. The number of amides is 1. The van der Waals surface area contributed by atoms with Crippen LogP contribution in [0.5, 0.6) is 0 Å². The van der Waals surface area contributed by atoms with E-state index in [9.17, 15) is 14.4 Å². The lowest BCUT2D eigenvalue weighted by atomic mass is 10.0. The largest absolute Gasteiger partial charge is 0.467 e. The SMILES string of the molecule is COC(=O)[C@H](CC(C)C)NC(=O)COC(=O)c1csc(NCc2ccccc2)n1. The number of nitrogens with one attached hydrogen (secondary N) is 2. The molecule has 0 unspecified atom stereocenters. The molecule has 0 aliphatic carbocycles. The van der Waals surface area contributed by atoms with Crippen molar-refractivity contribution in [3.05, 3.63) is 47.0 Å². The summed E-state index contributed by atoms with van der Waals surface area (Å²) in [5.41, 5.74) is 1.20. The number of anilines is 1. The molecule has 0 aliphatic heterocycles. The molecule has 0 spiro atoms. The molecule has 2 rings (SSSR count). The van der Waals surface area contributed by atoms with Crippen molar-refractivity contribution in [3.63, 3.8) is 0 Å². The van der Waals surface area contributed by atoms with Crippen LogP contribution in [0.4, 0.5) is 5.13 Å². The van der Waals surface area contributed by atoms with Gasteiger partial charge in [0.2, 0.25) is 0 Å². The molecule has 1 aromatic carbocycles. The first kappa shape index (κ1) is 22.4. The van der Waals surface area contributed by atoms with Gasteiger partial charge in [0.25, 0.3) is 5.91 Å². The second-order valence-electron chi connectivity index (χ2n) is 6.73. The molecule has 2 aromatic rings. The van der Waals surface area contributed by atoms with Crippen LogP contribution in [0, 0.1) is 5.92 Å². The summed E-state index contributed by atoms with van der Waals surface area (Å²) in [6.07, 6.45) is 0.425. The molecule has 156 valence electrons. The van der Waals surface area contributed by atoms with Gasteiger partial charge in [-0.1, -0.05) is 44.2 Å². The van der Waals surface area contributed by atoms with Crippen molar-refractivity contribution < 1.29 is 23.9 Å². The van der Waals surface area contributed by atoms with Gasteiger partial charge in [-0.15, -0.1) is 11.3 Å². The lowest BCUT2D eigenvalue weighted by Crippen LogP contribution is -2.44. The van der Waals surface area contributed by atoms with Crippen molar-refractivity contribution in [2.45, 2.75) is 32.9 Å². The molecule has 29 heavy (non-hydrogen) atoms. The van der Waals surface area contributed by atoms with Crippen molar-refractivity contribution in [1.82, 2.24) is 10.3 Å². The lowest BCUT2D eigenvalue weighted by molar-refractivity contribution is -0.145. The number of hydrogen-bond donors (Lipinski definition) is 2. The number of nitrogens with zero attached hydrogens (tertiary/aromatic N) is 1. The third kappa shape index (κ3) is 7.53. The van der Waals surface area contributed by atoms with E-state index in [1.54, 1.807) is 5.38 Å². The average molecular weight is 420 g/mol. The van der Waals surface area contributed by atoms with Crippen molar-refractivity contribution in [1.29, 1.82) is 0 Å². The van der Waals surface area contributed by atoms with Crippen molar-refractivity contribution in [2.24, 2.45) is 5.92 Å². The molecule has 1 aromatic heterocycles. The summed E-state index contributed by atoms with van der Waals surface area (Å²) < 4.78 is 9.69. The fraction of sp³-hybridized carbons (Fsp3) is 0.400. The van der Waals surface area contributed by atoms with Gasteiger partial charge in [-0.05, 0) is 17.9 Å². The molecule has 1 amide bonds. The number of thiazole rings is 1. The lowest BCUT2D eigenvalue weighted by Gasteiger charge is -2.18. The van der Waals surface area contributed by atoms with Crippen LogP contribution in [-0.2, 0) is 25.6 Å². The highest BCUT2D eigenvalue weighted by molar-refractivity contribution is 7.13. The van der Waals surface area contributed by atoms with E-state index < -0.39 is 30.5 Å². The number of esters is 2. The van der Waals surface area contributed by atoms with Crippen LogP contribution in [-0.4, -0.2) is 42.6 Å². The van der Waals surface area contributed by atoms with Crippen LogP contribution >= 0.6 is 11.3 Å². The van der Waals surface area contributed by atoms with E-state index in [-0.39, 0.29) is 11.6 Å². The van der Waals surface area contributed by atoms with Crippen LogP contribution in [0.3, 0.4) is 0 Å². The molecule has 0 saturated heterocycles. The van der Waals surface area contributed by atoms with Gasteiger partial charge in [0.15, 0.2) is 17.4 Å². The summed E-state index contributed by atoms with van der Waals surface area (Å²) in [5.74, 6) is -1.64. The van der Waals surface area contributed by atoms with Gasteiger partial charge in [0.1, 0.15) is 6.04 Å². The molecular formula is C20H25N3O5S. The molecule has 0 radical (unpaired) electrons. The van der Waals surface area contributed by atoms with E-state index in [1.165, 1.54) is 18.4 Å². The highest BCUT2D eigenvalue weighted by atomic mass is 32.1. The Kier molecular flexibility index (Phi) is 8.60. The van der Waals surface area contributed by atoms with E-state index in [2.05, 4.69) is 20.4 Å². The van der Waals surface area contributed by atoms with Crippen LogP contribution in [0.15, 0.2) is 35.7 Å². The minimum absolute atomic E-state index is 0.116. The third-order valence-corrected chi connectivity index (χ3v) is 4.66. The number of benzene rings is 1. The maximum atomic E-state index is 12.1. The number of hydrogen-bond acceptors (Lipinski definition) is 8. The Labute approximate surface area is 173 Å². The molecule has 9 heteroatoms.